The van der Waals surface area contributed by atoms with Crippen LogP contribution in [-0.2, 0) is 11.3 Å². The third-order valence-corrected chi connectivity index (χ3v) is 4.38. The van der Waals surface area contributed by atoms with Crippen LogP contribution in [0, 0.1) is 5.92 Å². The van der Waals surface area contributed by atoms with Crippen molar-refractivity contribution in [2.75, 3.05) is 0 Å². The molecule has 0 unspecified atom stereocenters. The molecule has 22 heavy (non-hydrogen) atoms. The Balaban J connectivity index is 1.54. The van der Waals surface area contributed by atoms with Crippen LogP contribution in [-0.4, -0.2) is 10.9 Å². The Morgan fingerprint density at radius 2 is 2.14 bits per heavy atom. The fraction of sp³-hybridized carbons (Fsp3) is 0.444. The Morgan fingerprint density at radius 3 is 2.91 bits per heavy atom. The maximum Gasteiger partial charge on any atom is 0.220 e. The number of carbonyl (C=O) groups is 1. The van der Waals surface area contributed by atoms with Crippen LogP contribution in [0.1, 0.15) is 44.1 Å². The molecular weight excluding hydrogens is 276 g/mol. The van der Waals surface area contributed by atoms with E-state index in [4.69, 9.17) is 4.42 Å². The van der Waals surface area contributed by atoms with Crippen LogP contribution < -0.4 is 5.32 Å². The summed E-state index contributed by atoms with van der Waals surface area (Å²) in [6.07, 6.45) is 10.3. The van der Waals surface area contributed by atoms with Crippen molar-refractivity contribution in [1.82, 2.24) is 10.3 Å². The Hall–Kier alpha value is -2.10. The molecule has 1 fully saturated rings. The van der Waals surface area contributed by atoms with Crippen LogP contribution in [0.25, 0.3) is 11.5 Å². The first kappa shape index (κ1) is 14.8. The molecule has 116 valence electrons. The van der Waals surface area contributed by atoms with Gasteiger partial charge in [-0.2, -0.15) is 0 Å². The van der Waals surface area contributed by atoms with E-state index in [1.807, 2.05) is 24.3 Å². The molecule has 0 aromatic carbocycles. The van der Waals surface area contributed by atoms with E-state index in [9.17, 15) is 4.79 Å². The number of pyridine rings is 1. The lowest BCUT2D eigenvalue weighted by Crippen LogP contribution is -2.23. The van der Waals surface area contributed by atoms with Gasteiger partial charge in [-0.05, 0) is 30.5 Å². The predicted molar refractivity (Wildman–Crippen MR) is 85.0 cm³/mol. The van der Waals surface area contributed by atoms with Crippen LogP contribution >= 0.6 is 0 Å². The van der Waals surface area contributed by atoms with Gasteiger partial charge in [0.05, 0.1) is 6.26 Å². The lowest BCUT2D eigenvalue weighted by molar-refractivity contribution is -0.121. The van der Waals surface area contributed by atoms with Gasteiger partial charge in [0.2, 0.25) is 5.91 Å². The quantitative estimate of drug-likeness (QED) is 0.879. The molecule has 0 bridgehead atoms. The first-order valence-corrected chi connectivity index (χ1v) is 8.07. The molecule has 3 rings (SSSR count). The largest absolute Gasteiger partial charge is 0.463 e. The van der Waals surface area contributed by atoms with Gasteiger partial charge in [0.25, 0.3) is 0 Å². The molecule has 0 saturated heterocycles. The number of aromatic nitrogens is 1. The molecule has 0 spiro atoms. The Labute approximate surface area is 130 Å². The van der Waals surface area contributed by atoms with E-state index in [0.717, 1.165) is 29.4 Å². The highest BCUT2D eigenvalue weighted by molar-refractivity contribution is 5.76. The fourth-order valence-electron chi connectivity index (χ4n) is 3.13. The molecule has 2 heterocycles. The van der Waals surface area contributed by atoms with Crippen molar-refractivity contribution in [3.63, 3.8) is 0 Å². The molecule has 4 nitrogen and oxygen atoms in total. The second kappa shape index (κ2) is 7.25. The number of furan rings is 1. The summed E-state index contributed by atoms with van der Waals surface area (Å²) in [5.41, 5.74) is 1.77. The number of amides is 1. The van der Waals surface area contributed by atoms with Gasteiger partial charge >= 0.3 is 0 Å². The Kier molecular flexibility index (Phi) is 4.88. The fourth-order valence-corrected chi connectivity index (χ4v) is 3.13. The van der Waals surface area contributed by atoms with E-state index in [1.54, 1.807) is 12.5 Å². The number of nitrogens with one attached hydrogen (secondary N) is 1. The number of hydrogen-bond acceptors (Lipinski definition) is 3. The van der Waals surface area contributed by atoms with Crippen molar-refractivity contribution in [1.29, 1.82) is 0 Å². The number of carbonyl (C=O) groups excluding carboxylic acids is 1. The smallest absolute Gasteiger partial charge is 0.220 e. The molecule has 0 aliphatic heterocycles. The summed E-state index contributed by atoms with van der Waals surface area (Å²) in [7, 11) is 0. The van der Waals surface area contributed by atoms with Gasteiger partial charge < -0.3 is 9.73 Å². The van der Waals surface area contributed by atoms with Crippen molar-refractivity contribution < 1.29 is 9.21 Å². The van der Waals surface area contributed by atoms with E-state index in [1.165, 1.54) is 25.7 Å². The Morgan fingerprint density at radius 1 is 1.27 bits per heavy atom. The lowest BCUT2D eigenvalue weighted by Gasteiger charge is -2.10. The number of nitrogens with zero attached hydrogens (tertiary/aromatic N) is 1. The summed E-state index contributed by atoms with van der Waals surface area (Å²) in [5, 5.41) is 3.00. The van der Waals surface area contributed by atoms with Crippen LogP contribution in [0.4, 0.5) is 0 Å². The molecule has 1 aliphatic rings. The van der Waals surface area contributed by atoms with Crippen molar-refractivity contribution in [3.05, 3.63) is 42.3 Å². The number of rotatable bonds is 6. The second-order valence-electron chi connectivity index (χ2n) is 5.95. The summed E-state index contributed by atoms with van der Waals surface area (Å²) in [6.45, 7) is 0.493. The summed E-state index contributed by atoms with van der Waals surface area (Å²) in [5.74, 6) is 1.61. The summed E-state index contributed by atoms with van der Waals surface area (Å²) < 4.78 is 5.41. The van der Waals surface area contributed by atoms with Gasteiger partial charge in [-0.1, -0.05) is 31.7 Å². The molecule has 1 aliphatic carbocycles. The van der Waals surface area contributed by atoms with E-state index in [2.05, 4.69) is 10.3 Å². The highest BCUT2D eigenvalue weighted by Crippen LogP contribution is 2.28. The SMILES string of the molecule is O=C(CCC1CCCC1)NCc1cccnc1-c1ccco1. The third-order valence-electron chi connectivity index (χ3n) is 4.38. The maximum absolute atomic E-state index is 12.0. The minimum absolute atomic E-state index is 0.126. The summed E-state index contributed by atoms with van der Waals surface area (Å²) in [6, 6.07) is 7.58. The van der Waals surface area contributed by atoms with Crippen LogP contribution in [0.5, 0.6) is 0 Å². The number of hydrogen-bond donors (Lipinski definition) is 1. The van der Waals surface area contributed by atoms with Crippen molar-refractivity contribution in [2.45, 2.75) is 45.1 Å². The van der Waals surface area contributed by atoms with Crippen molar-refractivity contribution >= 4 is 5.91 Å². The monoisotopic (exact) mass is 298 g/mol. The van der Waals surface area contributed by atoms with E-state index < -0.39 is 0 Å². The van der Waals surface area contributed by atoms with E-state index in [0.29, 0.717) is 13.0 Å². The average Bonchev–Trinajstić information content (AvgIpc) is 3.24. The van der Waals surface area contributed by atoms with Crippen LogP contribution in [0.2, 0.25) is 0 Å². The normalized spacial score (nSPS) is 15.1. The van der Waals surface area contributed by atoms with E-state index in [-0.39, 0.29) is 5.91 Å². The molecule has 0 atom stereocenters. The van der Waals surface area contributed by atoms with Crippen molar-refractivity contribution in [2.24, 2.45) is 5.92 Å². The maximum atomic E-state index is 12.0. The Bertz CT molecular complexity index is 601. The van der Waals surface area contributed by atoms with Gasteiger partial charge in [-0.15, -0.1) is 0 Å². The molecule has 1 N–H and O–H groups in total. The highest BCUT2D eigenvalue weighted by Gasteiger charge is 2.16. The zero-order valence-corrected chi connectivity index (χ0v) is 12.8. The zero-order chi connectivity index (χ0) is 15.2. The molecule has 1 saturated carbocycles. The first-order chi connectivity index (χ1) is 10.8. The summed E-state index contributed by atoms with van der Waals surface area (Å²) in [4.78, 5) is 16.4. The highest BCUT2D eigenvalue weighted by atomic mass is 16.3. The molecular formula is C18H22N2O2. The van der Waals surface area contributed by atoms with E-state index >= 15 is 0 Å². The first-order valence-electron chi connectivity index (χ1n) is 8.07. The molecule has 2 aromatic rings. The molecule has 2 aromatic heterocycles. The van der Waals surface area contributed by atoms with Crippen LogP contribution in [0.15, 0.2) is 41.1 Å². The van der Waals surface area contributed by atoms with Gasteiger partial charge in [-0.3, -0.25) is 9.78 Å². The van der Waals surface area contributed by atoms with Gasteiger partial charge in [0.1, 0.15) is 5.69 Å². The molecule has 4 heteroatoms. The molecule has 0 radical (unpaired) electrons. The van der Waals surface area contributed by atoms with Gasteiger partial charge in [0, 0.05) is 24.7 Å². The molecule has 1 amide bonds. The van der Waals surface area contributed by atoms with Crippen molar-refractivity contribution in [3.8, 4) is 11.5 Å². The summed E-state index contributed by atoms with van der Waals surface area (Å²) >= 11 is 0. The topological polar surface area (TPSA) is 55.1 Å². The van der Waals surface area contributed by atoms with Crippen LogP contribution in [0.3, 0.4) is 0 Å². The second-order valence-corrected chi connectivity index (χ2v) is 5.95. The average molecular weight is 298 g/mol. The van der Waals surface area contributed by atoms with Gasteiger partial charge in [-0.25, -0.2) is 0 Å². The standard InChI is InChI=1S/C18H22N2O2/c21-17(10-9-14-5-1-2-6-14)20-13-15-7-3-11-19-18(15)16-8-4-12-22-16/h3-4,7-8,11-12,14H,1-2,5-6,9-10,13H2,(H,20,21). The van der Waals surface area contributed by atoms with Gasteiger partial charge in [0.15, 0.2) is 5.76 Å². The third kappa shape index (κ3) is 3.75. The zero-order valence-electron chi connectivity index (χ0n) is 12.8. The minimum Gasteiger partial charge on any atom is -0.463 e. The predicted octanol–water partition coefficient (Wildman–Crippen LogP) is 3.93. The minimum atomic E-state index is 0.126. The lowest BCUT2D eigenvalue weighted by atomic mass is 10.0.